The zero-order valence-corrected chi connectivity index (χ0v) is 58.1. The summed E-state index contributed by atoms with van der Waals surface area (Å²) in [5.74, 6) is -0.0521. The number of ether oxygens (including phenoxy) is 1. The maximum absolute atomic E-state index is 12.5. The summed E-state index contributed by atoms with van der Waals surface area (Å²) in [5.41, 5.74) is 0. The Balaban J connectivity index is 3.38. The van der Waals surface area contributed by atoms with Gasteiger partial charge in [-0.1, -0.05) is 371 Å². The van der Waals surface area contributed by atoms with Crippen LogP contribution < -0.4 is 5.32 Å². The standard InChI is InChI=1S/C80H151NO5/c1-3-5-7-9-11-13-15-17-18-19-39-42-45-49-52-56-60-64-68-72-78(83)77(76-82)81-79(84)73-69-65-61-57-53-50-46-43-40-37-35-33-31-29-27-25-23-21-20-22-24-26-28-30-32-34-36-38-41-44-47-51-55-59-63-67-71-75-86-80(85)74-70-66-62-58-54-48-16-14-12-10-8-6-4-2/h14,16,20,22,26,28,68,72,77-78,82-83H,3-13,15,17-19,21,23-25,27,29-67,69-71,73-76H2,1-2H3,(H,81,84)/b16-14-,22-20-,28-26-,72-68+. The van der Waals surface area contributed by atoms with E-state index in [4.69, 9.17) is 4.74 Å². The maximum Gasteiger partial charge on any atom is 0.305 e. The molecule has 0 radical (unpaired) electrons. The zero-order chi connectivity index (χ0) is 62.0. The first kappa shape index (κ1) is 83.8. The van der Waals surface area contributed by atoms with Crippen molar-refractivity contribution in [2.24, 2.45) is 0 Å². The van der Waals surface area contributed by atoms with Crippen LogP contribution in [0.2, 0.25) is 0 Å². The van der Waals surface area contributed by atoms with Gasteiger partial charge in [0.1, 0.15) is 0 Å². The van der Waals surface area contributed by atoms with Crippen LogP contribution in [0.1, 0.15) is 425 Å². The van der Waals surface area contributed by atoms with Crippen molar-refractivity contribution < 1.29 is 24.5 Å². The van der Waals surface area contributed by atoms with Crippen molar-refractivity contribution in [2.75, 3.05) is 13.2 Å². The van der Waals surface area contributed by atoms with Crippen molar-refractivity contribution in [3.63, 3.8) is 0 Å². The third-order valence-corrected chi connectivity index (χ3v) is 18.1. The monoisotopic (exact) mass is 1210 g/mol. The normalized spacial score (nSPS) is 12.7. The summed E-state index contributed by atoms with van der Waals surface area (Å²) in [6, 6.07) is -0.627. The summed E-state index contributed by atoms with van der Waals surface area (Å²) in [4.78, 5) is 24.6. The molecular formula is C80H151NO5. The number of amides is 1. The summed E-state index contributed by atoms with van der Waals surface area (Å²) in [6.07, 6.45) is 99.4. The van der Waals surface area contributed by atoms with Crippen molar-refractivity contribution in [1.82, 2.24) is 5.32 Å². The molecule has 2 atom stereocenters. The van der Waals surface area contributed by atoms with Gasteiger partial charge in [-0.05, 0) is 89.9 Å². The number of aliphatic hydroxyl groups is 2. The number of hydrogen-bond acceptors (Lipinski definition) is 5. The lowest BCUT2D eigenvalue weighted by molar-refractivity contribution is -0.143. The highest BCUT2D eigenvalue weighted by Gasteiger charge is 2.18. The first-order chi connectivity index (χ1) is 42.5. The number of nitrogens with one attached hydrogen (secondary N) is 1. The second-order valence-electron chi connectivity index (χ2n) is 26.7. The van der Waals surface area contributed by atoms with Crippen molar-refractivity contribution in [3.8, 4) is 0 Å². The van der Waals surface area contributed by atoms with Gasteiger partial charge in [-0.2, -0.15) is 0 Å². The smallest absolute Gasteiger partial charge is 0.305 e. The third-order valence-electron chi connectivity index (χ3n) is 18.1. The Morgan fingerprint density at radius 1 is 0.326 bits per heavy atom. The second kappa shape index (κ2) is 75.3. The van der Waals surface area contributed by atoms with Gasteiger partial charge < -0.3 is 20.3 Å². The van der Waals surface area contributed by atoms with Crippen LogP contribution in [0.5, 0.6) is 0 Å². The summed E-state index contributed by atoms with van der Waals surface area (Å²) >= 11 is 0. The minimum absolute atomic E-state index is 0.00954. The van der Waals surface area contributed by atoms with Gasteiger partial charge in [0.05, 0.1) is 25.4 Å². The number of hydrogen-bond donors (Lipinski definition) is 3. The number of carbonyl (C=O) groups excluding carboxylic acids is 2. The summed E-state index contributed by atoms with van der Waals surface area (Å²) in [5, 5.41) is 23.3. The van der Waals surface area contributed by atoms with Gasteiger partial charge >= 0.3 is 5.97 Å². The van der Waals surface area contributed by atoms with Gasteiger partial charge in [0.25, 0.3) is 0 Å². The molecule has 0 aliphatic carbocycles. The molecule has 86 heavy (non-hydrogen) atoms. The molecule has 0 aromatic rings. The quantitative estimate of drug-likeness (QED) is 0.0320. The molecule has 0 spiro atoms. The average Bonchev–Trinajstić information content (AvgIpc) is 3.55. The van der Waals surface area contributed by atoms with Crippen LogP contribution in [0.25, 0.3) is 0 Å². The van der Waals surface area contributed by atoms with Gasteiger partial charge in [0, 0.05) is 12.8 Å². The van der Waals surface area contributed by atoms with E-state index in [0.717, 1.165) is 51.4 Å². The summed E-state index contributed by atoms with van der Waals surface area (Å²) in [6.45, 7) is 4.92. The van der Waals surface area contributed by atoms with E-state index in [-0.39, 0.29) is 18.5 Å². The third kappa shape index (κ3) is 70.9. The lowest BCUT2D eigenvalue weighted by atomic mass is 10.0. The Morgan fingerprint density at radius 2 is 0.581 bits per heavy atom. The van der Waals surface area contributed by atoms with Gasteiger partial charge in [0.2, 0.25) is 5.91 Å². The Bertz CT molecular complexity index is 1440. The van der Waals surface area contributed by atoms with E-state index >= 15 is 0 Å². The maximum atomic E-state index is 12.5. The van der Waals surface area contributed by atoms with E-state index < -0.39 is 12.1 Å². The van der Waals surface area contributed by atoms with Crippen molar-refractivity contribution in [3.05, 3.63) is 48.6 Å². The fraction of sp³-hybridized carbons (Fsp3) is 0.875. The zero-order valence-electron chi connectivity index (χ0n) is 58.1. The molecule has 0 bridgehead atoms. The highest BCUT2D eigenvalue weighted by atomic mass is 16.5. The number of carbonyl (C=O) groups is 2. The number of aliphatic hydroxyl groups excluding tert-OH is 2. The predicted molar refractivity (Wildman–Crippen MR) is 379 cm³/mol. The first-order valence-electron chi connectivity index (χ1n) is 38.9. The summed E-state index contributed by atoms with van der Waals surface area (Å²) in [7, 11) is 0. The van der Waals surface area contributed by atoms with Crippen LogP contribution in [0.15, 0.2) is 48.6 Å². The van der Waals surface area contributed by atoms with Crippen molar-refractivity contribution >= 4 is 11.9 Å². The molecular weight excluding hydrogens is 1050 g/mol. The molecule has 0 aromatic heterocycles. The molecule has 0 fully saturated rings. The molecule has 0 aliphatic heterocycles. The van der Waals surface area contributed by atoms with Crippen LogP contribution in [0.4, 0.5) is 0 Å². The fourth-order valence-corrected chi connectivity index (χ4v) is 12.1. The van der Waals surface area contributed by atoms with E-state index in [0.29, 0.717) is 19.4 Å². The molecule has 3 N–H and O–H groups in total. The molecule has 0 aliphatic rings. The van der Waals surface area contributed by atoms with Crippen LogP contribution in [0, 0.1) is 0 Å². The Kier molecular flexibility index (Phi) is 73.4. The Morgan fingerprint density at radius 3 is 0.907 bits per heavy atom. The topological polar surface area (TPSA) is 95.9 Å². The van der Waals surface area contributed by atoms with E-state index in [2.05, 4.69) is 55.6 Å². The Labute approximate surface area is 537 Å². The fourth-order valence-electron chi connectivity index (χ4n) is 12.1. The molecule has 0 saturated carbocycles. The van der Waals surface area contributed by atoms with Crippen LogP contribution in [-0.2, 0) is 14.3 Å². The molecule has 6 heteroatoms. The van der Waals surface area contributed by atoms with E-state index in [1.165, 1.54) is 347 Å². The van der Waals surface area contributed by atoms with Crippen LogP contribution in [-0.4, -0.2) is 47.4 Å². The lowest BCUT2D eigenvalue weighted by Gasteiger charge is -2.20. The Hall–Kier alpha value is -2.18. The van der Waals surface area contributed by atoms with Gasteiger partial charge in [-0.3, -0.25) is 9.59 Å². The van der Waals surface area contributed by atoms with E-state index in [1.54, 1.807) is 6.08 Å². The van der Waals surface area contributed by atoms with Crippen molar-refractivity contribution in [2.45, 2.75) is 437 Å². The average molecular weight is 1210 g/mol. The summed E-state index contributed by atoms with van der Waals surface area (Å²) < 4.78 is 5.48. The van der Waals surface area contributed by atoms with Crippen LogP contribution in [0.3, 0.4) is 0 Å². The van der Waals surface area contributed by atoms with Gasteiger partial charge in [0.15, 0.2) is 0 Å². The first-order valence-corrected chi connectivity index (χ1v) is 38.9. The molecule has 0 rings (SSSR count). The van der Waals surface area contributed by atoms with Crippen molar-refractivity contribution in [1.29, 1.82) is 0 Å². The predicted octanol–water partition coefficient (Wildman–Crippen LogP) is 25.6. The number of allylic oxidation sites excluding steroid dienone is 7. The largest absolute Gasteiger partial charge is 0.466 e. The second-order valence-corrected chi connectivity index (χ2v) is 26.7. The molecule has 1 amide bonds. The minimum atomic E-state index is -0.844. The van der Waals surface area contributed by atoms with E-state index in [1.807, 2.05) is 6.08 Å². The molecule has 0 aromatic carbocycles. The van der Waals surface area contributed by atoms with E-state index in [9.17, 15) is 19.8 Å². The number of esters is 1. The minimum Gasteiger partial charge on any atom is -0.466 e. The van der Waals surface area contributed by atoms with Gasteiger partial charge in [-0.25, -0.2) is 0 Å². The highest BCUT2D eigenvalue weighted by molar-refractivity contribution is 5.76. The molecule has 6 nitrogen and oxygen atoms in total. The van der Waals surface area contributed by atoms with Crippen LogP contribution >= 0.6 is 0 Å². The molecule has 0 heterocycles. The molecule has 0 saturated heterocycles. The number of rotatable bonds is 73. The molecule has 506 valence electrons. The van der Waals surface area contributed by atoms with Gasteiger partial charge in [-0.15, -0.1) is 0 Å². The SMILES string of the molecule is CCCCCC/C=C\CCCCCCCC(=O)OCCCCCCCCCCCCCCC/C=C\C/C=C\CCCCCCCCCCCCCCCCCCCC(=O)NC(CO)C(O)/C=C/CCCCCCCCCCCCCCCCCCC. The molecule has 2 unspecified atom stereocenters. The highest BCUT2D eigenvalue weighted by Crippen LogP contribution is 2.19. The number of unbranched alkanes of at least 4 members (excludes halogenated alkanes) is 56. The lowest BCUT2D eigenvalue weighted by Crippen LogP contribution is -2.45.